The summed E-state index contributed by atoms with van der Waals surface area (Å²) in [5.74, 6) is -0.0256. The topological polar surface area (TPSA) is 138 Å². The number of Topliss-reactive ketones (excluding diaryl/α,β-unsaturated/α-hetero) is 1. The highest BCUT2D eigenvalue weighted by molar-refractivity contribution is 8.01. The van der Waals surface area contributed by atoms with Crippen LogP contribution in [0.5, 0.6) is 0 Å². The van der Waals surface area contributed by atoms with Crippen LogP contribution in [0.25, 0.3) is 0 Å². The second-order valence-corrected chi connectivity index (χ2v) is 12.7. The predicted octanol–water partition coefficient (Wildman–Crippen LogP) is 5.42. The number of carbonyl (C=O) groups excluding carboxylic acids is 2. The van der Waals surface area contributed by atoms with Gasteiger partial charge in [0.15, 0.2) is 10.1 Å². The normalized spacial score (nSPS) is 18.7. The van der Waals surface area contributed by atoms with Crippen LogP contribution in [0.2, 0.25) is 0 Å². The Bertz CT molecular complexity index is 1560. The molecule has 0 radical (unpaired) electrons. The van der Waals surface area contributed by atoms with Gasteiger partial charge in [0.1, 0.15) is 11.6 Å². The van der Waals surface area contributed by atoms with Crippen molar-refractivity contribution in [2.75, 3.05) is 16.0 Å². The van der Waals surface area contributed by atoms with Crippen LogP contribution in [0.15, 0.2) is 68.0 Å². The summed E-state index contributed by atoms with van der Waals surface area (Å²) in [6, 6.07) is 11.6. The number of benzene rings is 1. The molecule has 1 aliphatic carbocycles. The number of nitrogens with two attached hydrogens (primary N) is 1. The molecule has 5 rings (SSSR count). The van der Waals surface area contributed by atoms with Gasteiger partial charge < -0.3 is 15.5 Å². The highest BCUT2D eigenvalue weighted by Crippen LogP contribution is 2.50. The Hall–Kier alpha value is -3.88. The summed E-state index contributed by atoms with van der Waals surface area (Å²) >= 11 is 2.52. The van der Waals surface area contributed by atoms with Gasteiger partial charge in [0, 0.05) is 23.4 Å². The third-order valence-corrected chi connectivity index (χ3v) is 8.82. The van der Waals surface area contributed by atoms with E-state index in [4.69, 9.17) is 10.2 Å². The number of nitrogens with one attached hydrogen (secondary N) is 1. The molecular formula is C28H28N6O3S2. The first kappa shape index (κ1) is 26.7. The van der Waals surface area contributed by atoms with Gasteiger partial charge >= 0.3 is 0 Å². The largest absolute Gasteiger partial charge is 0.468 e. The van der Waals surface area contributed by atoms with E-state index in [0.29, 0.717) is 39.3 Å². The van der Waals surface area contributed by atoms with Crippen LogP contribution < -0.4 is 16.0 Å². The van der Waals surface area contributed by atoms with Crippen LogP contribution in [0.4, 0.5) is 10.8 Å². The number of thioether (sulfide) groups is 1. The van der Waals surface area contributed by atoms with Crippen LogP contribution in [-0.4, -0.2) is 27.6 Å². The molecule has 2 aromatic heterocycles. The van der Waals surface area contributed by atoms with E-state index in [1.807, 2.05) is 45.9 Å². The molecule has 1 aliphatic heterocycles. The van der Waals surface area contributed by atoms with Crippen LogP contribution >= 0.6 is 23.1 Å². The Kier molecular flexibility index (Phi) is 7.09. The number of aryl methyl sites for hydroxylation is 2. The molecule has 200 valence electrons. The van der Waals surface area contributed by atoms with Crippen molar-refractivity contribution < 1.29 is 14.0 Å². The minimum absolute atomic E-state index is 0.0462. The zero-order chi connectivity index (χ0) is 27.9. The third kappa shape index (κ3) is 5.22. The third-order valence-electron chi connectivity index (χ3n) is 6.78. The van der Waals surface area contributed by atoms with Crippen LogP contribution in [0.1, 0.15) is 49.5 Å². The number of aromatic nitrogens is 2. The van der Waals surface area contributed by atoms with E-state index in [0.717, 1.165) is 16.8 Å². The number of hydrogen-bond donors (Lipinski definition) is 2. The van der Waals surface area contributed by atoms with Gasteiger partial charge in [0.25, 0.3) is 0 Å². The first-order chi connectivity index (χ1) is 18.6. The number of rotatable bonds is 6. The summed E-state index contributed by atoms with van der Waals surface area (Å²) in [6.45, 7) is 8.02. The molecule has 0 fully saturated rings. The van der Waals surface area contributed by atoms with Crippen LogP contribution in [0, 0.1) is 30.6 Å². The summed E-state index contributed by atoms with van der Waals surface area (Å²) in [5, 5.41) is 22.1. The second kappa shape index (κ2) is 10.4. The van der Waals surface area contributed by atoms with Crippen molar-refractivity contribution in [1.29, 1.82) is 5.26 Å². The van der Waals surface area contributed by atoms with Gasteiger partial charge in [-0.2, -0.15) is 5.26 Å². The summed E-state index contributed by atoms with van der Waals surface area (Å²) in [7, 11) is 0. The van der Waals surface area contributed by atoms with Crippen molar-refractivity contribution in [2.24, 2.45) is 11.1 Å². The lowest BCUT2D eigenvalue weighted by molar-refractivity contribution is -0.118. The highest BCUT2D eigenvalue weighted by Gasteiger charge is 2.46. The molecule has 9 nitrogen and oxygen atoms in total. The van der Waals surface area contributed by atoms with Crippen molar-refractivity contribution in [1.82, 2.24) is 10.2 Å². The van der Waals surface area contributed by atoms with E-state index >= 15 is 0 Å². The molecule has 3 N–H and O–H groups in total. The minimum Gasteiger partial charge on any atom is -0.468 e. The van der Waals surface area contributed by atoms with Crippen molar-refractivity contribution in [3.05, 3.63) is 76.1 Å². The van der Waals surface area contributed by atoms with Crippen LogP contribution in [-0.2, 0) is 9.59 Å². The molecule has 3 aromatic rings. The highest BCUT2D eigenvalue weighted by atomic mass is 32.2. The van der Waals surface area contributed by atoms with Crippen molar-refractivity contribution in [3.8, 4) is 6.07 Å². The molecule has 0 saturated heterocycles. The number of allylic oxidation sites excluding steroid dienone is 3. The fraction of sp³-hybridized carbons (Fsp3) is 0.321. The Morgan fingerprint density at radius 2 is 2.10 bits per heavy atom. The maximum atomic E-state index is 13.5. The summed E-state index contributed by atoms with van der Waals surface area (Å²) in [6.07, 6.45) is 2.43. The molecule has 3 heterocycles. The first-order valence-corrected chi connectivity index (χ1v) is 14.2. The zero-order valence-electron chi connectivity index (χ0n) is 22.1. The Labute approximate surface area is 234 Å². The van der Waals surface area contributed by atoms with Gasteiger partial charge in [-0.15, -0.1) is 10.2 Å². The first-order valence-electron chi connectivity index (χ1n) is 12.4. The van der Waals surface area contributed by atoms with E-state index in [1.165, 1.54) is 29.4 Å². The molecule has 11 heteroatoms. The average Bonchev–Trinajstić information content (AvgIpc) is 3.56. The Morgan fingerprint density at radius 1 is 1.31 bits per heavy atom. The number of hydrogen-bond acceptors (Lipinski definition) is 10. The number of amides is 1. The average molecular weight is 561 g/mol. The van der Waals surface area contributed by atoms with E-state index in [-0.39, 0.29) is 34.3 Å². The molecule has 1 atom stereocenters. The second-order valence-electron chi connectivity index (χ2n) is 10.5. The number of ketones is 1. The van der Waals surface area contributed by atoms with Gasteiger partial charge in [-0.05, 0) is 49.4 Å². The van der Waals surface area contributed by atoms with Crippen LogP contribution in [0.3, 0.4) is 0 Å². The Morgan fingerprint density at radius 3 is 2.79 bits per heavy atom. The lowest BCUT2D eigenvalue weighted by Crippen LogP contribution is -2.42. The zero-order valence-corrected chi connectivity index (χ0v) is 23.7. The van der Waals surface area contributed by atoms with Gasteiger partial charge in [0.05, 0.1) is 29.6 Å². The predicted molar refractivity (Wildman–Crippen MR) is 151 cm³/mol. The van der Waals surface area contributed by atoms with Crippen molar-refractivity contribution in [2.45, 2.75) is 50.8 Å². The number of nitrogens with zero attached hydrogens (tertiary/aromatic N) is 4. The minimum atomic E-state index is -0.671. The molecule has 2 aliphatic rings. The maximum absolute atomic E-state index is 13.5. The number of anilines is 2. The molecule has 0 spiro atoms. The standard InChI is InChI=1S/C28H28N6O3S2/c1-15-7-8-18(16(2)10-15)31-22(36)14-38-27-33-32-26(39-27)34-19-11-28(3,4)12-20(35)24(19)23(17(13-29)25(34)30)21-6-5-9-37-21/h5-10,23H,11-12,14,30H2,1-4H3,(H,31,36). The molecule has 0 bridgehead atoms. The van der Waals surface area contributed by atoms with E-state index in [2.05, 4.69) is 21.6 Å². The van der Waals surface area contributed by atoms with Gasteiger partial charge in [-0.3, -0.25) is 14.5 Å². The molecule has 1 aromatic carbocycles. The monoisotopic (exact) mass is 560 g/mol. The number of nitriles is 1. The van der Waals surface area contributed by atoms with Crippen molar-refractivity contribution >= 4 is 45.6 Å². The molecule has 1 unspecified atom stereocenters. The van der Waals surface area contributed by atoms with Gasteiger partial charge in [0.2, 0.25) is 11.0 Å². The molecular weight excluding hydrogens is 532 g/mol. The van der Waals surface area contributed by atoms with E-state index in [1.54, 1.807) is 17.0 Å². The smallest absolute Gasteiger partial charge is 0.234 e. The number of furan rings is 1. The van der Waals surface area contributed by atoms with E-state index < -0.39 is 5.92 Å². The maximum Gasteiger partial charge on any atom is 0.234 e. The SMILES string of the molecule is Cc1ccc(NC(=O)CSc2nnc(N3C(N)=C(C#N)C(c4ccco4)C4=C3CC(C)(C)CC4=O)s2)c(C)c1. The molecule has 0 saturated carbocycles. The fourth-order valence-corrected chi connectivity index (χ4v) is 6.77. The van der Waals surface area contributed by atoms with Gasteiger partial charge in [-0.25, -0.2) is 0 Å². The summed E-state index contributed by atoms with van der Waals surface area (Å²) in [4.78, 5) is 27.8. The number of carbonyl (C=O) groups is 2. The summed E-state index contributed by atoms with van der Waals surface area (Å²) in [5.41, 5.74) is 10.6. The summed E-state index contributed by atoms with van der Waals surface area (Å²) < 4.78 is 6.22. The molecule has 39 heavy (non-hydrogen) atoms. The lowest BCUT2D eigenvalue weighted by Gasteiger charge is -2.42. The quantitative estimate of drug-likeness (QED) is 0.378. The van der Waals surface area contributed by atoms with Gasteiger partial charge in [-0.1, -0.05) is 54.6 Å². The molecule has 1 amide bonds. The Balaban J connectivity index is 1.43. The fourth-order valence-electron chi connectivity index (χ4n) is 5.09. The lowest BCUT2D eigenvalue weighted by atomic mass is 9.69. The van der Waals surface area contributed by atoms with Crippen molar-refractivity contribution in [3.63, 3.8) is 0 Å². The van der Waals surface area contributed by atoms with E-state index in [9.17, 15) is 14.9 Å².